The van der Waals surface area contributed by atoms with Crippen molar-refractivity contribution >= 4 is 11.7 Å². The molecule has 1 fully saturated rings. The summed E-state index contributed by atoms with van der Waals surface area (Å²) in [6.45, 7) is 5.68. The molecule has 1 aromatic heterocycles. The molecule has 7 nitrogen and oxygen atoms in total. The first-order valence-corrected chi connectivity index (χ1v) is 8.06. The lowest BCUT2D eigenvalue weighted by Gasteiger charge is -2.44. The Morgan fingerprint density at radius 1 is 1.42 bits per heavy atom. The van der Waals surface area contributed by atoms with E-state index in [4.69, 9.17) is 9.47 Å². The molecule has 0 saturated carbocycles. The quantitative estimate of drug-likeness (QED) is 0.782. The van der Waals surface area contributed by atoms with Crippen molar-refractivity contribution in [3.63, 3.8) is 0 Å². The smallest absolute Gasteiger partial charge is 0.251 e. The number of hydrogen-bond donors (Lipinski definition) is 0. The largest absolute Gasteiger partial charge is 0.369 e. The van der Waals surface area contributed by atoms with Crippen molar-refractivity contribution in [2.24, 2.45) is 7.05 Å². The van der Waals surface area contributed by atoms with Crippen LogP contribution in [0.25, 0.3) is 0 Å². The zero-order valence-electron chi connectivity index (χ0n) is 15.1. The van der Waals surface area contributed by atoms with Gasteiger partial charge in [-0.15, -0.1) is 0 Å². The topological polar surface area (TPSA) is 64.0 Å². The molecule has 0 aliphatic carbocycles. The van der Waals surface area contributed by atoms with Gasteiger partial charge < -0.3 is 19.3 Å². The predicted molar refractivity (Wildman–Crippen MR) is 92.4 cm³/mol. The first-order valence-electron chi connectivity index (χ1n) is 8.06. The molecular weight excluding hydrogens is 310 g/mol. The SMILES string of the molecule is CN(C)C(=O)COCC1CN(c2cccc(=O)n2C)CC(C)(C)O1. The highest BCUT2D eigenvalue weighted by molar-refractivity contribution is 5.76. The van der Waals surface area contributed by atoms with Gasteiger partial charge in [-0.25, -0.2) is 0 Å². The van der Waals surface area contributed by atoms with E-state index in [1.165, 1.54) is 4.90 Å². The standard InChI is InChI=1S/C17H27N3O4/c1-17(2)12-20(14-7-6-8-15(21)19(14)5)9-13(24-17)10-23-11-16(22)18(3)4/h6-8,13H,9-12H2,1-5H3. The molecule has 0 bridgehead atoms. The Morgan fingerprint density at radius 3 is 2.79 bits per heavy atom. The maximum Gasteiger partial charge on any atom is 0.251 e. The van der Waals surface area contributed by atoms with Gasteiger partial charge in [-0.1, -0.05) is 6.07 Å². The van der Waals surface area contributed by atoms with E-state index in [1.54, 1.807) is 37.8 Å². The summed E-state index contributed by atoms with van der Waals surface area (Å²) in [5.41, 5.74) is -0.412. The van der Waals surface area contributed by atoms with E-state index in [0.29, 0.717) is 19.7 Å². The fraction of sp³-hybridized carbons (Fsp3) is 0.647. The molecule has 2 heterocycles. The van der Waals surface area contributed by atoms with Crippen LogP contribution in [0.5, 0.6) is 0 Å². The summed E-state index contributed by atoms with van der Waals surface area (Å²) in [6, 6.07) is 5.24. The summed E-state index contributed by atoms with van der Waals surface area (Å²) < 4.78 is 13.2. The molecule has 7 heteroatoms. The van der Waals surface area contributed by atoms with Crippen molar-refractivity contribution in [3.8, 4) is 0 Å². The fourth-order valence-electron chi connectivity index (χ4n) is 2.83. The van der Waals surface area contributed by atoms with E-state index in [-0.39, 0.29) is 29.8 Å². The Labute approximate surface area is 142 Å². The van der Waals surface area contributed by atoms with Crippen LogP contribution in [0.15, 0.2) is 23.0 Å². The van der Waals surface area contributed by atoms with Gasteiger partial charge in [0.25, 0.3) is 5.56 Å². The van der Waals surface area contributed by atoms with Gasteiger partial charge in [0.1, 0.15) is 12.4 Å². The molecule has 0 aromatic carbocycles. The second-order valence-electron chi connectivity index (χ2n) is 6.96. The molecule has 0 N–H and O–H groups in total. The van der Waals surface area contributed by atoms with E-state index in [1.807, 2.05) is 19.9 Å². The first-order chi connectivity index (χ1) is 11.2. The van der Waals surface area contributed by atoms with E-state index in [9.17, 15) is 9.59 Å². The second-order valence-corrected chi connectivity index (χ2v) is 6.96. The monoisotopic (exact) mass is 337 g/mol. The van der Waals surface area contributed by atoms with Crippen molar-refractivity contribution in [1.29, 1.82) is 0 Å². The Kier molecular flexibility index (Phi) is 5.66. The molecule has 134 valence electrons. The van der Waals surface area contributed by atoms with Crippen molar-refractivity contribution in [1.82, 2.24) is 9.47 Å². The van der Waals surface area contributed by atoms with Crippen LogP contribution < -0.4 is 10.5 Å². The average Bonchev–Trinajstić information content (AvgIpc) is 2.48. The van der Waals surface area contributed by atoms with Gasteiger partial charge in [0.2, 0.25) is 5.91 Å². The summed E-state index contributed by atoms with van der Waals surface area (Å²) in [5.74, 6) is 0.778. The number of carbonyl (C=O) groups excluding carboxylic acids is 1. The van der Waals surface area contributed by atoms with Gasteiger partial charge in [0.05, 0.1) is 18.3 Å². The maximum atomic E-state index is 11.9. The Morgan fingerprint density at radius 2 is 2.12 bits per heavy atom. The van der Waals surface area contributed by atoms with Crippen molar-refractivity contribution in [2.45, 2.75) is 25.6 Å². The van der Waals surface area contributed by atoms with E-state index >= 15 is 0 Å². The lowest BCUT2D eigenvalue weighted by Crippen LogP contribution is -2.55. The van der Waals surface area contributed by atoms with Crippen LogP contribution in [0.1, 0.15) is 13.8 Å². The van der Waals surface area contributed by atoms with Crippen LogP contribution in [0.2, 0.25) is 0 Å². The molecule has 1 aromatic rings. The van der Waals surface area contributed by atoms with Gasteiger partial charge in [-0.05, 0) is 19.9 Å². The number of likely N-dealkylation sites (N-methyl/N-ethyl adjacent to an activating group) is 1. The van der Waals surface area contributed by atoms with E-state index < -0.39 is 0 Å². The van der Waals surface area contributed by atoms with Crippen LogP contribution in [-0.4, -0.2) is 67.5 Å². The van der Waals surface area contributed by atoms with Crippen LogP contribution in [-0.2, 0) is 21.3 Å². The van der Waals surface area contributed by atoms with Gasteiger partial charge in [0, 0.05) is 40.3 Å². The summed E-state index contributed by atoms with van der Waals surface area (Å²) in [4.78, 5) is 27.1. The first kappa shape index (κ1) is 18.5. The number of anilines is 1. The zero-order chi connectivity index (χ0) is 17.9. The number of carbonyl (C=O) groups is 1. The number of nitrogens with zero attached hydrogens (tertiary/aromatic N) is 3. The number of pyridine rings is 1. The molecular formula is C17H27N3O4. The summed E-state index contributed by atoms with van der Waals surface area (Å²) in [5, 5.41) is 0. The molecule has 1 amide bonds. The van der Waals surface area contributed by atoms with Crippen LogP contribution in [0.4, 0.5) is 5.82 Å². The number of hydrogen-bond acceptors (Lipinski definition) is 5. The van der Waals surface area contributed by atoms with Gasteiger partial charge in [-0.2, -0.15) is 0 Å². The molecule has 24 heavy (non-hydrogen) atoms. The second kappa shape index (κ2) is 7.36. The van der Waals surface area contributed by atoms with E-state index in [2.05, 4.69) is 4.90 Å². The molecule has 0 spiro atoms. The lowest BCUT2D eigenvalue weighted by atomic mass is 10.1. The molecule has 1 aliphatic rings. The third kappa shape index (κ3) is 4.58. The van der Waals surface area contributed by atoms with Crippen molar-refractivity contribution in [3.05, 3.63) is 28.6 Å². The minimum Gasteiger partial charge on any atom is -0.369 e. The van der Waals surface area contributed by atoms with Gasteiger partial charge >= 0.3 is 0 Å². The number of morpholine rings is 1. The van der Waals surface area contributed by atoms with Crippen LogP contribution in [0.3, 0.4) is 0 Å². The zero-order valence-corrected chi connectivity index (χ0v) is 15.1. The average molecular weight is 337 g/mol. The van der Waals surface area contributed by atoms with Gasteiger partial charge in [0.15, 0.2) is 0 Å². The van der Waals surface area contributed by atoms with Crippen LogP contribution in [0, 0.1) is 0 Å². The molecule has 1 atom stereocenters. The van der Waals surface area contributed by atoms with Crippen LogP contribution >= 0.6 is 0 Å². The number of ether oxygens (including phenoxy) is 2. The summed E-state index contributed by atoms with van der Waals surface area (Å²) in [7, 11) is 5.16. The predicted octanol–water partition coefficient (Wildman–Crippen LogP) is 0.474. The lowest BCUT2D eigenvalue weighted by molar-refractivity contribution is -0.139. The number of amides is 1. The fourth-order valence-corrected chi connectivity index (χ4v) is 2.83. The number of rotatable bonds is 5. The third-order valence-corrected chi connectivity index (χ3v) is 3.99. The van der Waals surface area contributed by atoms with Crippen molar-refractivity contribution < 1.29 is 14.3 Å². The molecule has 1 unspecified atom stereocenters. The molecule has 1 aliphatic heterocycles. The normalized spacial score (nSPS) is 20.0. The summed E-state index contributed by atoms with van der Waals surface area (Å²) >= 11 is 0. The maximum absolute atomic E-state index is 11.9. The van der Waals surface area contributed by atoms with Crippen molar-refractivity contribution in [2.75, 3.05) is 45.3 Å². The highest BCUT2D eigenvalue weighted by Crippen LogP contribution is 2.25. The minimum atomic E-state index is -0.371. The Bertz CT molecular complexity index is 639. The minimum absolute atomic E-state index is 0.0388. The molecule has 0 radical (unpaired) electrons. The van der Waals surface area contributed by atoms with E-state index in [0.717, 1.165) is 5.82 Å². The Hall–Kier alpha value is -1.86. The van der Waals surface area contributed by atoms with Gasteiger partial charge in [-0.3, -0.25) is 14.2 Å². The number of aromatic nitrogens is 1. The Balaban J connectivity index is 2.05. The molecule has 1 saturated heterocycles. The highest BCUT2D eigenvalue weighted by Gasteiger charge is 2.34. The molecule has 2 rings (SSSR count). The summed E-state index contributed by atoms with van der Waals surface area (Å²) in [6.07, 6.45) is -0.168. The highest BCUT2D eigenvalue weighted by atomic mass is 16.6. The third-order valence-electron chi connectivity index (χ3n) is 3.99.